The summed E-state index contributed by atoms with van der Waals surface area (Å²) in [5.74, 6) is 0. The van der Waals surface area contributed by atoms with Crippen molar-refractivity contribution in [3.63, 3.8) is 0 Å². The molecule has 1 unspecified atom stereocenters. The maximum Gasteiger partial charge on any atom is 0.0704 e. The minimum atomic E-state index is 0. The van der Waals surface area contributed by atoms with Crippen LogP contribution in [0, 0.1) is 0 Å². The zero-order valence-corrected chi connectivity index (χ0v) is 11.2. The first-order valence-corrected chi connectivity index (χ1v) is 5.81. The molecule has 1 aliphatic rings. The van der Waals surface area contributed by atoms with Crippen molar-refractivity contribution >= 4 is 12.4 Å². The van der Waals surface area contributed by atoms with Crippen LogP contribution in [0.1, 0.15) is 19.8 Å². The van der Waals surface area contributed by atoms with Gasteiger partial charge in [0.05, 0.1) is 19.3 Å². The van der Waals surface area contributed by atoms with Crippen molar-refractivity contribution in [2.75, 3.05) is 40.0 Å². The number of rotatable bonds is 6. The molecule has 0 spiro atoms. The van der Waals surface area contributed by atoms with Crippen LogP contribution in [-0.2, 0) is 9.47 Å². The molecule has 1 fully saturated rings. The first kappa shape index (κ1) is 16.1. The first-order valence-electron chi connectivity index (χ1n) is 5.81. The standard InChI is InChI=1S/C11H24N2O2.ClH/c1-10(12)9-13-5-3-11(4-6-13)15-8-7-14-2;/h10-11H,3-9,12H2,1-2H3;1H. The number of nitrogens with zero attached hydrogens (tertiary/aromatic N) is 1. The molecular weight excluding hydrogens is 228 g/mol. The first-order chi connectivity index (χ1) is 7.22. The second kappa shape index (κ2) is 9.19. The van der Waals surface area contributed by atoms with E-state index in [0.717, 1.165) is 32.5 Å². The predicted molar refractivity (Wildman–Crippen MR) is 68.2 cm³/mol. The third kappa shape index (κ3) is 6.66. The van der Waals surface area contributed by atoms with Crippen molar-refractivity contribution in [1.82, 2.24) is 4.90 Å². The highest BCUT2D eigenvalue weighted by Crippen LogP contribution is 2.13. The van der Waals surface area contributed by atoms with Crippen molar-refractivity contribution in [3.8, 4) is 0 Å². The van der Waals surface area contributed by atoms with Crippen molar-refractivity contribution in [1.29, 1.82) is 0 Å². The number of hydrogen-bond donors (Lipinski definition) is 1. The molecule has 0 aromatic heterocycles. The molecule has 0 saturated carbocycles. The average Bonchev–Trinajstić information content (AvgIpc) is 2.20. The molecule has 0 aliphatic carbocycles. The molecule has 1 aliphatic heterocycles. The fraction of sp³-hybridized carbons (Fsp3) is 1.00. The van der Waals surface area contributed by atoms with E-state index in [1.165, 1.54) is 0 Å². The van der Waals surface area contributed by atoms with Gasteiger partial charge in [0.15, 0.2) is 0 Å². The Morgan fingerprint density at radius 2 is 1.94 bits per heavy atom. The van der Waals surface area contributed by atoms with Crippen LogP contribution in [0.25, 0.3) is 0 Å². The van der Waals surface area contributed by atoms with E-state index in [2.05, 4.69) is 11.8 Å². The molecule has 2 N–H and O–H groups in total. The molecule has 98 valence electrons. The maximum atomic E-state index is 5.77. The van der Waals surface area contributed by atoms with Crippen molar-refractivity contribution < 1.29 is 9.47 Å². The number of piperidine rings is 1. The van der Waals surface area contributed by atoms with Gasteiger partial charge in [-0.05, 0) is 19.8 Å². The van der Waals surface area contributed by atoms with E-state index >= 15 is 0 Å². The molecule has 16 heavy (non-hydrogen) atoms. The van der Waals surface area contributed by atoms with Gasteiger partial charge < -0.3 is 20.1 Å². The zero-order valence-electron chi connectivity index (χ0n) is 10.4. The minimum absolute atomic E-state index is 0. The highest BCUT2D eigenvalue weighted by atomic mass is 35.5. The van der Waals surface area contributed by atoms with E-state index in [4.69, 9.17) is 15.2 Å². The number of halogens is 1. The zero-order chi connectivity index (χ0) is 11.1. The van der Waals surface area contributed by atoms with Crippen LogP contribution in [0.5, 0.6) is 0 Å². The Morgan fingerprint density at radius 3 is 2.44 bits per heavy atom. The normalized spacial score (nSPS) is 20.4. The molecule has 4 nitrogen and oxygen atoms in total. The van der Waals surface area contributed by atoms with Gasteiger partial charge in [0.2, 0.25) is 0 Å². The van der Waals surface area contributed by atoms with Crippen LogP contribution in [0.15, 0.2) is 0 Å². The number of hydrogen-bond acceptors (Lipinski definition) is 4. The van der Waals surface area contributed by atoms with Crippen LogP contribution in [0.3, 0.4) is 0 Å². The Morgan fingerprint density at radius 1 is 1.31 bits per heavy atom. The third-order valence-electron chi connectivity index (χ3n) is 2.72. The highest BCUT2D eigenvalue weighted by molar-refractivity contribution is 5.85. The summed E-state index contributed by atoms with van der Waals surface area (Å²) in [6, 6.07) is 0.274. The predicted octanol–water partition coefficient (Wildman–Crippen LogP) is 0.883. The van der Waals surface area contributed by atoms with E-state index in [0.29, 0.717) is 19.3 Å². The Bertz CT molecular complexity index is 162. The number of nitrogens with two attached hydrogens (primary N) is 1. The van der Waals surface area contributed by atoms with Gasteiger partial charge in [-0.3, -0.25) is 0 Å². The summed E-state index contributed by atoms with van der Waals surface area (Å²) >= 11 is 0. The van der Waals surface area contributed by atoms with E-state index in [-0.39, 0.29) is 18.4 Å². The Kier molecular flexibility index (Phi) is 9.26. The number of likely N-dealkylation sites (tertiary alicyclic amines) is 1. The fourth-order valence-corrected chi connectivity index (χ4v) is 1.96. The number of ether oxygens (including phenoxy) is 2. The average molecular weight is 253 g/mol. The fourth-order valence-electron chi connectivity index (χ4n) is 1.96. The SMILES string of the molecule is COCCOC1CCN(CC(C)N)CC1.Cl. The monoisotopic (exact) mass is 252 g/mol. The third-order valence-corrected chi connectivity index (χ3v) is 2.72. The van der Waals surface area contributed by atoms with Gasteiger partial charge in [-0.1, -0.05) is 0 Å². The molecule has 1 heterocycles. The van der Waals surface area contributed by atoms with E-state index < -0.39 is 0 Å². The number of methoxy groups -OCH3 is 1. The molecule has 1 saturated heterocycles. The van der Waals surface area contributed by atoms with Gasteiger partial charge in [-0.15, -0.1) is 12.4 Å². The molecule has 5 heteroatoms. The van der Waals surface area contributed by atoms with Crippen molar-refractivity contribution in [3.05, 3.63) is 0 Å². The van der Waals surface area contributed by atoms with E-state index in [1.807, 2.05) is 0 Å². The Balaban J connectivity index is 0.00000225. The molecule has 0 amide bonds. The quantitative estimate of drug-likeness (QED) is 0.713. The highest BCUT2D eigenvalue weighted by Gasteiger charge is 2.19. The van der Waals surface area contributed by atoms with Gasteiger partial charge in [0.1, 0.15) is 0 Å². The summed E-state index contributed by atoms with van der Waals surface area (Å²) in [4.78, 5) is 2.42. The van der Waals surface area contributed by atoms with E-state index in [9.17, 15) is 0 Å². The second-order valence-corrected chi connectivity index (χ2v) is 4.34. The van der Waals surface area contributed by atoms with Crippen LogP contribution < -0.4 is 5.73 Å². The van der Waals surface area contributed by atoms with Crippen LogP contribution >= 0.6 is 12.4 Å². The molecule has 1 atom stereocenters. The summed E-state index contributed by atoms with van der Waals surface area (Å²) in [6.45, 7) is 6.69. The van der Waals surface area contributed by atoms with Crippen LogP contribution in [0.2, 0.25) is 0 Å². The summed E-state index contributed by atoms with van der Waals surface area (Å²) in [7, 11) is 1.70. The topological polar surface area (TPSA) is 47.7 Å². The Hall–Kier alpha value is 0.130. The molecule has 0 aromatic rings. The van der Waals surface area contributed by atoms with Gasteiger partial charge in [-0.25, -0.2) is 0 Å². The largest absolute Gasteiger partial charge is 0.382 e. The van der Waals surface area contributed by atoms with E-state index in [1.54, 1.807) is 7.11 Å². The summed E-state index contributed by atoms with van der Waals surface area (Å²) < 4.78 is 10.6. The smallest absolute Gasteiger partial charge is 0.0704 e. The summed E-state index contributed by atoms with van der Waals surface area (Å²) in [5.41, 5.74) is 5.77. The molecule has 1 rings (SSSR count). The lowest BCUT2D eigenvalue weighted by Gasteiger charge is -2.32. The molecule has 0 radical (unpaired) electrons. The minimum Gasteiger partial charge on any atom is -0.382 e. The molecular formula is C11H25ClN2O2. The van der Waals surface area contributed by atoms with Gasteiger partial charge in [0, 0.05) is 32.8 Å². The van der Waals surface area contributed by atoms with Crippen LogP contribution in [0.4, 0.5) is 0 Å². The lowest BCUT2D eigenvalue weighted by Crippen LogP contribution is -2.42. The summed E-state index contributed by atoms with van der Waals surface area (Å²) in [6.07, 6.45) is 2.66. The van der Waals surface area contributed by atoms with Gasteiger partial charge in [-0.2, -0.15) is 0 Å². The maximum absolute atomic E-state index is 5.77. The lowest BCUT2D eigenvalue weighted by molar-refractivity contribution is -0.0151. The van der Waals surface area contributed by atoms with Gasteiger partial charge >= 0.3 is 0 Å². The molecule has 0 aromatic carbocycles. The van der Waals surface area contributed by atoms with Gasteiger partial charge in [0.25, 0.3) is 0 Å². The summed E-state index contributed by atoms with van der Waals surface area (Å²) in [5, 5.41) is 0. The Labute approximate surface area is 105 Å². The lowest BCUT2D eigenvalue weighted by atomic mass is 10.1. The van der Waals surface area contributed by atoms with Crippen molar-refractivity contribution in [2.45, 2.75) is 31.9 Å². The van der Waals surface area contributed by atoms with Crippen molar-refractivity contribution in [2.24, 2.45) is 5.73 Å². The van der Waals surface area contributed by atoms with Crippen LogP contribution in [-0.4, -0.2) is 57.0 Å². The molecule has 0 bridgehead atoms. The second-order valence-electron chi connectivity index (χ2n) is 4.34.